The topological polar surface area (TPSA) is 132 Å². The van der Waals surface area contributed by atoms with Gasteiger partial charge in [-0.1, -0.05) is 12.8 Å². The summed E-state index contributed by atoms with van der Waals surface area (Å²) in [5.41, 5.74) is 16.0. The highest BCUT2D eigenvalue weighted by atomic mass is 16.4. The van der Waals surface area contributed by atoms with Gasteiger partial charge in [0.25, 0.3) is 0 Å². The lowest BCUT2D eigenvalue weighted by atomic mass is 10.1. The van der Waals surface area contributed by atoms with E-state index in [1.807, 2.05) is 0 Å². The predicted molar refractivity (Wildman–Crippen MR) is 78.5 cm³/mol. The molecule has 0 radical (unpaired) electrons. The van der Waals surface area contributed by atoms with Crippen LogP contribution in [-0.2, 0) is 0 Å². The number of carbonyl (C=O) groups is 2. The molecular weight excluding hydrogens is 258 g/mol. The van der Waals surface area contributed by atoms with Crippen LogP contribution in [-0.4, -0.2) is 30.1 Å². The second-order valence-corrected chi connectivity index (χ2v) is 4.24. The summed E-state index contributed by atoms with van der Waals surface area (Å²) in [4.78, 5) is 20.9. The normalized spacial score (nSPS) is 9.50. The number of carboxylic acid groups (broad SMARTS) is 1. The van der Waals surface area contributed by atoms with Crippen molar-refractivity contribution in [3.05, 3.63) is 35.4 Å². The number of unbranched alkanes of at least 4 members (excludes halogenated alkanes) is 3. The third-order valence-electron chi connectivity index (χ3n) is 2.57. The molecule has 0 atom stereocenters. The molecule has 7 N–H and O–H groups in total. The molecule has 6 nitrogen and oxygen atoms in total. The van der Waals surface area contributed by atoms with Crippen LogP contribution in [0.1, 0.15) is 46.4 Å². The Morgan fingerprint density at radius 2 is 1.25 bits per heavy atom. The minimum absolute atomic E-state index is 0.139. The third kappa shape index (κ3) is 8.23. The van der Waals surface area contributed by atoms with E-state index in [1.54, 1.807) is 0 Å². The Hall–Kier alpha value is -1.92. The largest absolute Gasteiger partial charge is 0.478 e. The second kappa shape index (κ2) is 11.0. The fourth-order valence-electron chi connectivity index (χ4n) is 1.42. The third-order valence-corrected chi connectivity index (χ3v) is 2.57. The molecule has 6 heteroatoms. The first-order chi connectivity index (χ1) is 9.52. The molecule has 0 saturated heterocycles. The fraction of sp³-hybridized carbons (Fsp3) is 0.429. The van der Waals surface area contributed by atoms with Crippen LogP contribution in [0.25, 0.3) is 0 Å². The molecule has 0 spiro atoms. The summed E-state index contributed by atoms with van der Waals surface area (Å²) in [5.74, 6) is -1.59. The van der Waals surface area contributed by atoms with E-state index >= 15 is 0 Å². The highest BCUT2D eigenvalue weighted by Crippen LogP contribution is 2.03. The van der Waals surface area contributed by atoms with Gasteiger partial charge in [0, 0.05) is 5.56 Å². The van der Waals surface area contributed by atoms with Gasteiger partial charge in [-0.15, -0.1) is 0 Å². The minimum Gasteiger partial charge on any atom is -0.478 e. The summed E-state index contributed by atoms with van der Waals surface area (Å²) >= 11 is 0. The molecule has 20 heavy (non-hydrogen) atoms. The van der Waals surface area contributed by atoms with Crippen molar-refractivity contribution in [1.82, 2.24) is 0 Å². The zero-order valence-corrected chi connectivity index (χ0v) is 11.5. The van der Waals surface area contributed by atoms with Crippen molar-refractivity contribution in [2.45, 2.75) is 25.7 Å². The average Bonchev–Trinajstić information content (AvgIpc) is 2.44. The molecule has 1 aromatic rings. The molecule has 1 amide bonds. The molecule has 1 aromatic carbocycles. The van der Waals surface area contributed by atoms with Crippen molar-refractivity contribution < 1.29 is 14.7 Å². The molecule has 0 bridgehead atoms. The monoisotopic (exact) mass is 281 g/mol. The number of benzene rings is 1. The first-order valence-corrected chi connectivity index (χ1v) is 6.56. The number of nitrogens with two attached hydrogens (primary N) is 3. The molecule has 112 valence electrons. The Bertz CT molecular complexity index is 366. The van der Waals surface area contributed by atoms with Crippen molar-refractivity contribution in [3.63, 3.8) is 0 Å². The molecular formula is C14H23N3O3. The van der Waals surface area contributed by atoms with E-state index in [9.17, 15) is 9.59 Å². The van der Waals surface area contributed by atoms with Gasteiger partial charge in [0.15, 0.2) is 0 Å². The smallest absolute Gasteiger partial charge is 0.335 e. The van der Waals surface area contributed by atoms with E-state index in [0.29, 0.717) is 5.56 Å². The van der Waals surface area contributed by atoms with E-state index in [4.69, 9.17) is 22.3 Å². The van der Waals surface area contributed by atoms with Gasteiger partial charge in [-0.25, -0.2) is 4.79 Å². The van der Waals surface area contributed by atoms with Crippen LogP contribution in [0.2, 0.25) is 0 Å². The van der Waals surface area contributed by atoms with Gasteiger partial charge in [0.1, 0.15) is 0 Å². The average molecular weight is 281 g/mol. The summed E-state index contributed by atoms with van der Waals surface area (Å²) in [6.07, 6.45) is 4.79. The zero-order chi connectivity index (χ0) is 15.4. The van der Waals surface area contributed by atoms with E-state index in [0.717, 1.165) is 25.9 Å². The molecule has 0 aliphatic carbocycles. The predicted octanol–water partition coefficient (Wildman–Crippen LogP) is 0.948. The molecule has 0 fully saturated rings. The fourth-order valence-corrected chi connectivity index (χ4v) is 1.42. The molecule has 0 heterocycles. The van der Waals surface area contributed by atoms with Crippen molar-refractivity contribution in [2.75, 3.05) is 13.1 Å². The highest BCUT2D eigenvalue weighted by molar-refractivity contribution is 5.94. The minimum atomic E-state index is -1.02. The number of primary amides is 1. The van der Waals surface area contributed by atoms with Crippen LogP contribution in [0.3, 0.4) is 0 Å². The van der Waals surface area contributed by atoms with Crippen molar-refractivity contribution in [3.8, 4) is 0 Å². The maximum atomic E-state index is 10.6. The molecule has 1 rings (SSSR count). The van der Waals surface area contributed by atoms with Gasteiger partial charge in [0.05, 0.1) is 5.56 Å². The van der Waals surface area contributed by atoms with Crippen LogP contribution >= 0.6 is 0 Å². The number of hydrogen-bond donors (Lipinski definition) is 4. The lowest BCUT2D eigenvalue weighted by Crippen LogP contribution is -2.10. The summed E-state index contributed by atoms with van der Waals surface area (Å²) < 4.78 is 0. The molecule has 0 aliphatic rings. The van der Waals surface area contributed by atoms with Gasteiger partial charge < -0.3 is 22.3 Å². The SMILES string of the molecule is NC(=O)c1ccc(C(=O)O)cc1.NCCCCCCN. The van der Waals surface area contributed by atoms with E-state index < -0.39 is 11.9 Å². The lowest BCUT2D eigenvalue weighted by molar-refractivity contribution is 0.0696. The van der Waals surface area contributed by atoms with Crippen LogP contribution in [0.15, 0.2) is 24.3 Å². The highest BCUT2D eigenvalue weighted by Gasteiger charge is 2.03. The lowest BCUT2D eigenvalue weighted by Gasteiger charge is -1.95. The van der Waals surface area contributed by atoms with Crippen molar-refractivity contribution >= 4 is 11.9 Å². The first-order valence-electron chi connectivity index (χ1n) is 6.56. The Labute approximate surface area is 118 Å². The Morgan fingerprint density at radius 1 is 0.850 bits per heavy atom. The Morgan fingerprint density at radius 3 is 1.55 bits per heavy atom. The van der Waals surface area contributed by atoms with E-state index in [-0.39, 0.29) is 5.56 Å². The van der Waals surface area contributed by atoms with E-state index in [1.165, 1.54) is 37.1 Å². The van der Waals surface area contributed by atoms with Crippen LogP contribution in [0, 0.1) is 0 Å². The number of aromatic carboxylic acids is 1. The molecule has 0 saturated carbocycles. The van der Waals surface area contributed by atoms with Crippen LogP contribution in [0.5, 0.6) is 0 Å². The molecule has 0 unspecified atom stereocenters. The van der Waals surface area contributed by atoms with Gasteiger partial charge in [-0.3, -0.25) is 4.79 Å². The quantitative estimate of drug-likeness (QED) is 0.552. The summed E-state index contributed by atoms with van der Waals surface area (Å²) in [7, 11) is 0. The molecule has 0 aliphatic heterocycles. The Balaban J connectivity index is 0.000000396. The first kappa shape index (κ1) is 18.1. The summed E-state index contributed by atoms with van der Waals surface area (Å²) in [6.45, 7) is 1.65. The van der Waals surface area contributed by atoms with Gasteiger partial charge in [-0.05, 0) is 50.2 Å². The van der Waals surface area contributed by atoms with Crippen LogP contribution in [0.4, 0.5) is 0 Å². The van der Waals surface area contributed by atoms with Gasteiger partial charge >= 0.3 is 5.97 Å². The Kier molecular flexibility index (Phi) is 9.90. The number of amides is 1. The van der Waals surface area contributed by atoms with Crippen LogP contribution < -0.4 is 17.2 Å². The standard InChI is InChI=1S/C8H7NO3.C6H16N2/c9-7(10)5-1-3-6(4-2-5)8(11)12;7-5-3-1-2-4-6-8/h1-4H,(H2,9,10)(H,11,12);1-8H2. The molecule has 0 aromatic heterocycles. The number of carbonyl (C=O) groups excluding carboxylic acids is 1. The second-order valence-electron chi connectivity index (χ2n) is 4.24. The van der Waals surface area contributed by atoms with Gasteiger partial charge in [-0.2, -0.15) is 0 Å². The van der Waals surface area contributed by atoms with Gasteiger partial charge in [0.2, 0.25) is 5.91 Å². The maximum absolute atomic E-state index is 10.6. The number of carboxylic acids is 1. The summed E-state index contributed by atoms with van der Waals surface area (Å²) in [6, 6.07) is 5.43. The van der Waals surface area contributed by atoms with Crippen molar-refractivity contribution in [1.29, 1.82) is 0 Å². The van der Waals surface area contributed by atoms with E-state index in [2.05, 4.69) is 0 Å². The zero-order valence-electron chi connectivity index (χ0n) is 11.5. The maximum Gasteiger partial charge on any atom is 0.335 e. The number of rotatable bonds is 7. The summed E-state index contributed by atoms with van der Waals surface area (Å²) in [5, 5.41) is 8.50. The number of hydrogen-bond acceptors (Lipinski definition) is 4. The van der Waals surface area contributed by atoms with Crippen molar-refractivity contribution in [2.24, 2.45) is 17.2 Å².